The number of nitrogen functional groups attached to an aromatic ring is 1. The minimum Gasteiger partial charge on any atom is -0.398 e. The number of nitrogens with zero attached hydrogens (tertiary/aromatic N) is 5. The Kier molecular flexibility index (Phi) is 6.61. The Morgan fingerprint density at radius 2 is 1.73 bits per heavy atom. The molecule has 0 bridgehead atoms. The Labute approximate surface area is 217 Å². The zero-order chi connectivity index (χ0) is 25.2. The number of nitrogens with one attached hydrogen (secondary N) is 2. The topological polar surface area (TPSA) is 133 Å². The first-order valence-corrected chi connectivity index (χ1v) is 13.5. The summed E-state index contributed by atoms with van der Waals surface area (Å²) in [5.74, 6) is 1.34. The molecule has 2 saturated carbocycles. The number of pyridine rings is 1. The number of anilines is 3. The predicted molar refractivity (Wildman–Crippen MR) is 148 cm³/mol. The fourth-order valence-corrected chi connectivity index (χ4v) is 5.66. The van der Waals surface area contributed by atoms with Gasteiger partial charge in [-0.3, -0.25) is 4.98 Å². The van der Waals surface area contributed by atoms with Crippen LogP contribution in [-0.4, -0.2) is 36.6 Å². The van der Waals surface area contributed by atoms with Crippen LogP contribution in [0.2, 0.25) is 0 Å². The summed E-state index contributed by atoms with van der Waals surface area (Å²) < 4.78 is 2.24. The lowest BCUT2D eigenvalue weighted by molar-refractivity contribution is 0.402. The molecule has 0 spiro atoms. The zero-order valence-corrected chi connectivity index (χ0v) is 21.1. The number of rotatable bonds is 7. The zero-order valence-electron chi connectivity index (χ0n) is 21.1. The van der Waals surface area contributed by atoms with E-state index in [1.807, 2.05) is 42.9 Å². The Morgan fingerprint density at radius 1 is 0.919 bits per heavy atom. The summed E-state index contributed by atoms with van der Waals surface area (Å²) >= 11 is 0. The van der Waals surface area contributed by atoms with Crippen molar-refractivity contribution in [1.29, 1.82) is 0 Å². The third-order valence-corrected chi connectivity index (χ3v) is 7.79. The molecule has 2 aliphatic rings. The Hall–Kier alpha value is -3.72. The van der Waals surface area contributed by atoms with Crippen LogP contribution in [0.15, 0.2) is 48.9 Å². The molecule has 3 heterocycles. The molecule has 3 aromatic heterocycles. The average molecular weight is 498 g/mol. The van der Waals surface area contributed by atoms with Crippen LogP contribution in [0.25, 0.3) is 22.4 Å². The van der Waals surface area contributed by atoms with Crippen molar-refractivity contribution in [2.45, 2.75) is 76.0 Å². The van der Waals surface area contributed by atoms with Gasteiger partial charge >= 0.3 is 0 Å². The number of imidazole rings is 1. The van der Waals surface area contributed by atoms with Gasteiger partial charge in [0.15, 0.2) is 17.0 Å². The number of hydrogen-bond acceptors (Lipinski definition) is 8. The van der Waals surface area contributed by atoms with Crippen molar-refractivity contribution in [3.8, 4) is 11.3 Å². The van der Waals surface area contributed by atoms with Gasteiger partial charge in [0.25, 0.3) is 0 Å². The number of para-hydroxylation sites is 1. The summed E-state index contributed by atoms with van der Waals surface area (Å²) in [5.41, 5.74) is 17.8. The Balaban J connectivity index is 1.27. The van der Waals surface area contributed by atoms with Crippen LogP contribution in [0.4, 0.5) is 17.5 Å². The van der Waals surface area contributed by atoms with Gasteiger partial charge in [0.1, 0.15) is 0 Å². The molecular formula is C28H35N9. The van der Waals surface area contributed by atoms with Gasteiger partial charge in [0.05, 0.1) is 12.0 Å². The molecule has 9 heteroatoms. The van der Waals surface area contributed by atoms with E-state index in [9.17, 15) is 0 Å². The summed E-state index contributed by atoms with van der Waals surface area (Å²) in [4.78, 5) is 19.2. The molecule has 2 atom stereocenters. The van der Waals surface area contributed by atoms with Crippen LogP contribution in [0, 0.1) is 0 Å². The molecule has 0 radical (unpaired) electrons. The van der Waals surface area contributed by atoms with Crippen molar-refractivity contribution in [1.82, 2.24) is 24.5 Å². The third kappa shape index (κ3) is 4.96. The fraction of sp³-hybridized carbons (Fsp3) is 0.429. The van der Waals surface area contributed by atoms with Gasteiger partial charge in [0, 0.05) is 42.1 Å². The lowest BCUT2D eigenvalue weighted by Crippen LogP contribution is -2.43. The van der Waals surface area contributed by atoms with Crippen LogP contribution >= 0.6 is 0 Å². The SMILES string of the molecule is Nc1ccccc1-c1ccc(CNc2nc(NC3CCCCC3N)nc3c2ncn3C2CCCC2)cn1. The van der Waals surface area contributed by atoms with E-state index in [1.54, 1.807) is 0 Å². The molecule has 0 amide bonds. The molecule has 4 aromatic rings. The van der Waals surface area contributed by atoms with Gasteiger partial charge in [-0.1, -0.05) is 49.9 Å². The molecule has 2 unspecified atom stereocenters. The molecule has 6 N–H and O–H groups in total. The van der Waals surface area contributed by atoms with E-state index in [2.05, 4.69) is 26.3 Å². The first-order chi connectivity index (χ1) is 18.2. The van der Waals surface area contributed by atoms with Gasteiger partial charge in [0.2, 0.25) is 5.95 Å². The van der Waals surface area contributed by atoms with E-state index in [0.717, 1.165) is 52.3 Å². The average Bonchev–Trinajstić information content (AvgIpc) is 3.60. The second-order valence-corrected chi connectivity index (χ2v) is 10.3. The Bertz CT molecular complexity index is 1360. The van der Waals surface area contributed by atoms with Gasteiger partial charge in [-0.25, -0.2) is 4.98 Å². The summed E-state index contributed by atoms with van der Waals surface area (Å²) in [6, 6.07) is 12.6. The van der Waals surface area contributed by atoms with E-state index < -0.39 is 0 Å². The smallest absolute Gasteiger partial charge is 0.227 e. The van der Waals surface area contributed by atoms with E-state index in [-0.39, 0.29) is 12.1 Å². The van der Waals surface area contributed by atoms with Gasteiger partial charge in [-0.05, 0) is 43.4 Å². The second-order valence-electron chi connectivity index (χ2n) is 10.3. The normalized spacial score (nSPS) is 20.4. The highest BCUT2D eigenvalue weighted by molar-refractivity contribution is 5.84. The van der Waals surface area contributed by atoms with E-state index in [0.29, 0.717) is 18.5 Å². The van der Waals surface area contributed by atoms with Crippen LogP contribution < -0.4 is 22.1 Å². The second kappa shape index (κ2) is 10.3. The highest BCUT2D eigenvalue weighted by Gasteiger charge is 2.25. The van der Waals surface area contributed by atoms with E-state index in [1.165, 1.54) is 38.5 Å². The van der Waals surface area contributed by atoms with E-state index >= 15 is 0 Å². The molecule has 192 valence electrons. The third-order valence-electron chi connectivity index (χ3n) is 7.79. The largest absolute Gasteiger partial charge is 0.398 e. The fourth-order valence-electron chi connectivity index (χ4n) is 5.66. The highest BCUT2D eigenvalue weighted by Crippen LogP contribution is 2.33. The molecule has 2 fully saturated rings. The molecule has 6 rings (SSSR count). The first kappa shape index (κ1) is 23.7. The predicted octanol–water partition coefficient (Wildman–Crippen LogP) is 4.88. The molecule has 2 aliphatic carbocycles. The van der Waals surface area contributed by atoms with Crippen molar-refractivity contribution < 1.29 is 0 Å². The maximum absolute atomic E-state index is 6.42. The summed E-state index contributed by atoms with van der Waals surface area (Å²) in [6.07, 6.45) is 13.1. The molecule has 37 heavy (non-hydrogen) atoms. The van der Waals surface area contributed by atoms with Gasteiger partial charge in [-0.2, -0.15) is 9.97 Å². The molecule has 9 nitrogen and oxygen atoms in total. The summed E-state index contributed by atoms with van der Waals surface area (Å²) in [6.45, 7) is 0.572. The van der Waals surface area contributed by atoms with Crippen molar-refractivity contribution in [3.05, 3.63) is 54.5 Å². The minimum atomic E-state index is 0.118. The maximum atomic E-state index is 6.42. The van der Waals surface area contributed by atoms with Crippen molar-refractivity contribution in [2.75, 3.05) is 16.4 Å². The summed E-state index contributed by atoms with van der Waals surface area (Å²) in [7, 11) is 0. The quantitative estimate of drug-likeness (QED) is 0.266. The van der Waals surface area contributed by atoms with Crippen LogP contribution in [0.3, 0.4) is 0 Å². The molecule has 0 saturated heterocycles. The van der Waals surface area contributed by atoms with Gasteiger partial charge < -0.3 is 26.7 Å². The van der Waals surface area contributed by atoms with Crippen molar-refractivity contribution in [3.63, 3.8) is 0 Å². The molecular weight excluding hydrogens is 462 g/mol. The number of hydrogen-bond donors (Lipinski definition) is 4. The summed E-state index contributed by atoms with van der Waals surface area (Å²) in [5, 5.41) is 7.05. The van der Waals surface area contributed by atoms with Gasteiger partial charge in [-0.15, -0.1) is 0 Å². The van der Waals surface area contributed by atoms with Crippen LogP contribution in [0.1, 0.15) is 63.0 Å². The van der Waals surface area contributed by atoms with Crippen molar-refractivity contribution >= 4 is 28.6 Å². The minimum absolute atomic E-state index is 0.118. The Morgan fingerprint density at radius 3 is 2.51 bits per heavy atom. The molecule has 1 aromatic carbocycles. The first-order valence-electron chi connectivity index (χ1n) is 13.5. The monoisotopic (exact) mass is 497 g/mol. The number of fused-ring (bicyclic) bond motifs is 1. The number of nitrogens with two attached hydrogens (primary N) is 2. The highest BCUT2D eigenvalue weighted by atomic mass is 15.2. The molecule has 0 aliphatic heterocycles. The standard InChI is InChI=1S/C28H35N9/c29-21-10-4-3-9-20(21)23-14-13-18(15-31-23)16-32-26-25-27(37(17-33-25)19-7-1-2-8-19)36-28(35-26)34-24-12-6-5-11-22(24)30/h3-4,9-10,13-15,17,19,22,24H,1-2,5-8,11-12,16,29-30H2,(H2,32,34,35,36). The number of aromatic nitrogens is 5. The van der Waals surface area contributed by atoms with Crippen LogP contribution in [-0.2, 0) is 6.54 Å². The lowest BCUT2D eigenvalue weighted by atomic mass is 9.91. The lowest BCUT2D eigenvalue weighted by Gasteiger charge is -2.29. The number of benzene rings is 1. The van der Waals surface area contributed by atoms with Crippen LogP contribution in [0.5, 0.6) is 0 Å². The van der Waals surface area contributed by atoms with E-state index in [4.69, 9.17) is 26.4 Å². The maximum Gasteiger partial charge on any atom is 0.227 e. The van der Waals surface area contributed by atoms with Crippen molar-refractivity contribution in [2.24, 2.45) is 5.73 Å².